The molecule has 14 heavy (non-hydrogen) atoms. The summed E-state index contributed by atoms with van der Waals surface area (Å²) < 4.78 is 13.2. The minimum Gasteiger partial charge on any atom is -0.387 e. The van der Waals surface area contributed by atoms with E-state index in [0.717, 1.165) is 6.42 Å². The van der Waals surface area contributed by atoms with Crippen molar-refractivity contribution in [1.82, 2.24) is 4.98 Å². The fourth-order valence-corrected chi connectivity index (χ4v) is 1.30. The number of aromatic nitrogens is 1. The van der Waals surface area contributed by atoms with Gasteiger partial charge in [0.2, 0.25) is 0 Å². The van der Waals surface area contributed by atoms with Gasteiger partial charge in [-0.15, -0.1) is 0 Å². The van der Waals surface area contributed by atoms with Gasteiger partial charge in [-0.25, -0.2) is 4.39 Å². The van der Waals surface area contributed by atoms with Crippen molar-refractivity contribution in [3.63, 3.8) is 0 Å². The Bertz CT molecular complexity index is 290. The first-order valence-electron chi connectivity index (χ1n) is 4.93. The molecular formula is C11H16FNO. The van der Waals surface area contributed by atoms with Gasteiger partial charge in [-0.05, 0) is 24.5 Å². The summed E-state index contributed by atoms with van der Waals surface area (Å²) in [5.41, 5.74) is 0.160. The number of hydrogen-bond acceptors (Lipinski definition) is 2. The third kappa shape index (κ3) is 2.77. The quantitative estimate of drug-likeness (QED) is 0.805. The molecule has 0 aromatic carbocycles. The molecule has 1 heterocycles. The largest absolute Gasteiger partial charge is 0.387 e. The molecule has 0 radical (unpaired) electrons. The number of halogens is 1. The molecule has 0 aliphatic rings. The number of nitrogens with zero attached hydrogens (tertiary/aromatic N) is 1. The third-order valence-electron chi connectivity index (χ3n) is 2.43. The van der Waals surface area contributed by atoms with Crippen LogP contribution in [0.5, 0.6) is 0 Å². The van der Waals surface area contributed by atoms with Gasteiger partial charge >= 0.3 is 0 Å². The summed E-state index contributed by atoms with van der Waals surface area (Å²) in [6.07, 6.45) is 2.25. The molecule has 0 aliphatic carbocycles. The summed E-state index contributed by atoms with van der Waals surface area (Å²) in [5.74, 6) is -0.0466. The minimum absolute atomic E-state index is 0.160. The second kappa shape index (κ2) is 5.05. The Labute approximate surface area is 83.8 Å². The molecule has 3 heteroatoms. The van der Waals surface area contributed by atoms with Crippen molar-refractivity contribution in [1.29, 1.82) is 0 Å². The zero-order chi connectivity index (χ0) is 10.6. The Morgan fingerprint density at radius 1 is 1.57 bits per heavy atom. The van der Waals surface area contributed by atoms with Crippen LogP contribution in [-0.4, -0.2) is 10.1 Å². The molecule has 2 unspecified atom stereocenters. The van der Waals surface area contributed by atoms with Crippen molar-refractivity contribution in [2.75, 3.05) is 0 Å². The molecule has 2 nitrogen and oxygen atoms in total. The molecule has 0 amide bonds. The van der Waals surface area contributed by atoms with E-state index in [2.05, 4.69) is 4.98 Å². The molecular weight excluding hydrogens is 181 g/mol. The van der Waals surface area contributed by atoms with Gasteiger partial charge < -0.3 is 5.11 Å². The Balaban J connectivity index is 2.69. The Hall–Kier alpha value is -0.960. The van der Waals surface area contributed by atoms with Crippen LogP contribution >= 0.6 is 0 Å². The number of rotatable bonds is 4. The SMILES string of the molecule is CCC(C)CC(O)c1ncccc1F. The van der Waals surface area contributed by atoms with Crippen molar-refractivity contribution < 1.29 is 9.50 Å². The Morgan fingerprint density at radius 2 is 2.29 bits per heavy atom. The van der Waals surface area contributed by atoms with E-state index in [1.165, 1.54) is 18.3 Å². The van der Waals surface area contributed by atoms with Crippen molar-refractivity contribution in [3.8, 4) is 0 Å². The van der Waals surface area contributed by atoms with E-state index in [-0.39, 0.29) is 5.69 Å². The van der Waals surface area contributed by atoms with E-state index >= 15 is 0 Å². The van der Waals surface area contributed by atoms with Crippen LogP contribution in [0.25, 0.3) is 0 Å². The van der Waals surface area contributed by atoms with Crippen LogP contribution in [0.2, 0.25) is 0 Å². The van der Waals surface area contributed by atoms with Gasteiger partial charge in [-0.3, -0.25) is 4.98 Å². The Kier molecular flexibility index (Phi) is 4.01. The maximum Gasteiger partial charge on any atom is 0.147 e. The van der Waals surface area contributed by atoms with Gasteiger partial charge in [-0.1, -0.05) is 20.3 Å². The van der Waals surface area contributed by atoms with Crippen molar-refractivity contribution in [2.24, 2.45) is 5.92 Å². The molecule has 0 aliphatic heterocycles. The second-order valence-electron chi connectivity index (χ2n) is 3.64. The Morgan fingerprint density at radius 3 is 2.86 bits per heavy atom. The first-order chi connectivity index (χ1) is 6.65. The average molecular weight is 197 g/mol. The highest BCUT2D eigenvalue weighted by Crippen LogP contribution is 2.22. The maximum absolute atomic E-state index is 13.2. The first kappa shape index (κ1) is 11.1. The predicted octanol–water partition coefficient (Wildman–Crippen LogP) is 2.69. The fourth-order valence-electron chi connectivity index (χ4n) is 1.30. The number of pyridine rings is 1. The third-order valence-corrected chi connectivity index (χ3v) is 2.43. The van der Waals surface area contributed by atoms with E-state index in [4.69, 9.17) is 0 Å². The van der Waals surface area contributed by atoms with Crippen LogP contribution in [0.15, 0.2) is 18.3 Å². The average Bonchev–Trinajstić information content (AvgIpc) is 2.18. The van der Waals surface area contributed by atoms with E-state index in [9.17, 15) is 9.50 Å². The van der Waals surface area contributed by atoms with Crippen molar-refractivity contribution in [3.05, 3.63) is 29.8 Å². The smallest absolute Gasteiger partial charge is 0.147 e. The standard InChI is InChI=1S/C11H16FNO/c1-3-8(2)7-10(14)11-9(12)5-4-6-13-11/h4-6,8,10,14H,3,7H2,1-2H3. The van der Waals surface area contributed by atoms with Crippen molar-refractivity contribution >= 4 is 0 Å². The zero-order valence-corrected chi connectivity index (χ0v) is 8.57. The summed E-state index contributed by atoms with van der Waals surface area (Å²) in [6, 6.07) is 2.84. The van der Waals surface area contributed by atoms with E-state index in [0.29, 0.717) is 12.3 Å². The highest BCUT2D eigenvalue weighted by atomic mass is 19.1. The van der Waals surface area contributed by atoms with Gasteiger partial charge in [-0.2, -0.15) is 0 Å². The highest BCUT2D eigenvalue weighted by molar-refractivity contribution is 5.09. The van der Waals surface area contributed by atoms with Crippen LogP contribution < -0.4 is 0 Å². The molecule has 2 atom stereocenters. The molecule has 1 rings (SSSR count). The lowest BCUT2D eigenvalue weighted by Crippen LogP contribution is -2.07. The lowest BCUT2D eigenvalue weighted by atomic mass is 9.99. The number of aliphatic hydroxyl groups excluding tert-OH is 1. The summed E-state index contributed by atoms with van der Waals surface area (Å²) in [5, 5.41) is 9.70. The highest BCUT2D eigenvalue weighted by Gasteiger charge is 2.15. The molecule has 1 N–H and O–H groups in total. The van der Waals surface area contributed by atoms with Gasteiger partial charge in [0, 0.05) is 6.20 Å². The normalized spacial score (nSPS) is 15.1. The number of aliphatic hydroxyl groups is 1. The summed E-state index contributed by atoms with van der Waals surface area (Å²) in [6.45, 7) is 4.08. The monoisotopic (exact) mass is 197 g/mol. The summed E-state index contributed by atoms with van der Waals surface area (Å²) in [4.78, 5) is 3.84. The number of hydrogen-bond donors (Lipinski definition) is 1. The minimum atomic E-state index is -0.786. The molecule has 0 saturated heterocycles. The van der Waals surface area contributed by atoms with Crippen LogP contribution in [0, 0.1) is 11.7 Å². The zero-order valence-electron chi connectivity index (χ0n) is 8.57. The predicted molar refractivity (Wildman–Crippen MR) is 53.2 cm³/mol. The lowest BCUT2D eigenvalue weighted by molar-refractivity contribution is 0.137. The molecule has 1 aromatic rings. The van der Waals surface area contributed by atoms with Crippen LogP contribution in [0.4, 0.5) is 4.39 Å². The van der Waals surface area contributed by atoms with Gasteiger partial charge in [0.05, 0.1) is 6.10 Å². The van der Waals surface area contributed by atoms with E-state index in [1.807, 2.05) is 13.8 Å². The van der Waals surface area contributed by atoms with Crippen LogP contribution in [0.1, 0.15) is 38.5 Å². The summed E-state index contributed by atoms with van der Waals surface area (Å²) >= 11 is 0. The molecule has 0 bridgehead atoms. The van der Waals surface area contributed by atoms with Crippen LogP contribution in [-0.2, 0) is 0 Å². The fraction of sp³-hybridized carbons (Fsp3) is 0.545. The van der Waals surface area contributed by atoms with Crippen molar-refractivity contribution in [2.45, 2.75) is 32.8 Å². The van der Waals surface area contributed by atoms with Crippen LogP contribution in [0.3, 0.4) is 0 Å². The molecule has 78 valence electrons. The maximum atomic E-state index is 13.2. The molecule has 0 spiro atoms. The first-order valence-corrected chi connectivity index (χ1v) is 4.93. The molecule has 0 saturated carbocycles. The van der Waals surface area contributed by atoms with Gasteiger partial charge in [0.1, 0.15) is 11.5 Å². The van der Waals surface area contributed by atoms with Gasteiger partial charge in [0.25, 0.3) is 0 Å². The molecule has 0 fully saturated rings. The summed E-state index contributed by atoms with van der Waals surface area (Å²) in [7, 11) is 0. The topological polar surface area (TPSA) is 33.1 Å². The van der Waals surface area contributed by atoms with Gasteiger partial charge in [0.15, 0.2) is 0 Å². The lowest BCUT2D eigenvalue weighted by Gasteiger charge is -2.14. The molecule has 1 aromatic heterocycles. The second-order valence-corrected chi connectivity index (χ2v) is 3.64. The van der Waals surface area contributed by atoms with E-state index in [1.54, 1.807) is 0 Å². The van der Waals surface area contributed by atoms with E-state index < -0.39 is 11.9 Å².